The van der Waals surface area contributed by atoms with Crippen LogP contribution < -0.4 is 4.74 Å². The van der Waals surface area contributed by atoms with E-state index in [4.69, 9.17) is 9.47 Å². The van der Waals surface area contributed by atoms with Gasteiger partial charge in [-0.15, -0.1) is 0 Å². The lowest BCUT2D eigenvalue weighted by Crippen LogP contribution is -2.32. The Balaban J connectivity index is 2.14. The van der Waals surface area contributed by atoms with Crippen molar-refractivity contribution in [3.05, 3.63) is 11.8 Å². The van der Waals surface area contributed by atoms with Crippen LogP contribution in [0.1, 0.15) is 23.8 Å². The molecule has 1 unspecified atom stereocenters. The molecule has 1 aromatic heterocycles. The van der Waals surface area contributed by atoms with Crippen molar-refractivity contribution < 1.29 is 23.0 Å². The maximum atomic E-state index is 12.5. The minimum atomic E-state index is -2.54. The molecule has 0 aliphatic carbocycles. The molecule has 0 saturated heterocycles. The quantitative estimate of drug-likeness (QED) is 0.758. The zero-order valence-corrected chi connectivity index (χ0v) is 9.23. The zero-order chi connectivity index (χ0) is 12.4. The van der Waals surface area contributed by atoms with Crippen LogP contribution in [-0.2, 0) is 11.3 Å². The van der Waals surface area contributed by atoms with Gasteiger partial charge in [0.25, 0.3) is 6.43 Å². The Kier molecular flexibility index (Phi) is 3.26. The summed E-state index contributed by atoms with van der Waals surface area (Å²) in [6.45, 7) is 2.22. The maximum absolute atomic E-state index is 12.5. The summed E-state index contributed by atoms with van der Waals surface area (Å²) in [5.74, 6) is -0.392. The van der Waals surface area contributed by atoms with Gasteiger partial charge in [0.1, 0.15) is 0 Å². The third-order valence-corrected chi connectivity index (χ3v) is 2.41. The van der Waals surface area contributed by atoms with Crippen molar-refractivity contribution in [2.75, 3.05) is 6.61 Å². The van der Waals surface area contributed by atoms with Crippen LogP contribution in [0.25, 0.3) is 0 Å². The second kappa shape index (κ2) is 4.68. The molecule has 1 aliphatic rings. The van der Waals surface area contributed by atoms with Gasteiger partial charge in [0.2, 0.25) is 5.88 Å². The van der Waals surface area contributed by atoms with Crippen LogP contribution in [0.15, 0.2) is 6.07 Å². The summed E-state index contributed by atoms with van der Waals surface area (Å²) < 4.78 is 36.1. The molecule has 2 heterocycles. The van der Waals surface area contributed by atoms with Crippen LogP contribution in [0.4, 0.5) is 8.78 Å². The van der Waals surface area contributed by atoms with Gasteiger partial charge in [-0.1, -0.05) is 0 Å². The number of ether oxygens (including phenoxy) is 2. The number of alkyl halides is 2. The number of carbonyl (C=O) groups is 1. The molecule has 17 heavy (non-hydrogen) atoms. The van der Waals surface area contributed by atoms with Gasteiger partial charge in [0.15, 0.2) is 11.8 Å². The molecule has 1 aromatic rings. The third-order valence-electron chi connectivity index (χ3n) is 2.41. The van der Waals surface area contributed by atoms with E-state index in [2.05, 4.69) is 5.10 Å². The van der Waals surface area contributed by atoms with Crippen LogP contribution in [0.3, 0.4) is 0 Å². The Morgan fingerprint density at radius 3 is 3.18 bits per heavy atom. The first-order chi connectivity index (χ1) is 8.11. The van der Waals surface area contributed by atoms with Crippen molar-refractivity contribution in [3.8, 4) is 5.88 Å². The lowest BCUT2D eigenvalue weighted by atomic mass is 10.2. The number of halogens is 2. The summed E-state index contributed by atoms with van der Waals surface area (Å²) in [6.07, 6.45) is -3.49. The molecule has 5 nitrogen and oxygen atoms in total. The van der Waals surface area contributed by atoms with Crippen molar-refractivity contribution in [2.45, 2.75) is 32.4 Å². The van der Waals surface area contributed by atoms with Crippen molar-refractivity contribution in [3.63, 3.8) is 0 Å². The van der Waals surface area contributed by atoms with Gasteiger partial charge < -0.3 is 9.47 Å². The van der Waals surface area contributed by atoms with E-state index in [1.54, 1.807) is 6.92 Å². The molecular formula is C10H12F2N2O3. The molecule has 94 valence electrons. The summed E-state index contributed by atoms with van der Waals surface area (Å²) in [5, 5.41) is 3.94. The molecule has 0 fully saturated rings. The number of esters is 1. The largest absolute Gasteiger partial charge is 0.468 e. The van der Waals surface area contributed by atoms with Gasteiger partial charge in [-0.25, -0.2) is 18.3 Å². The average Bonchev–Trinajstić information content (AvgIpc) is 2.71. The third kappa shape index (κ3) is 2.37. The number of nitrogens with zero attached hydrogens (tertiary/aromatic N) is 2. The normalized spacial score (nSPS) is 18.7. The van der Waals surface area contributed by atoms with Crippen LogP contribution in [0.5, 0.6) is 5.88 Å². The predicted molar refractivity (Wildman–Crippen MR) is 53.2 cm³/mol. The first-order valence-electron chi connectivity index (χ1n) is 5.31. The van der Waals surface area contributed by atoms with Gasteiger partial charge in [-0.3, -0.25) is 0 Å². The number of aromatic nitrogens is 2. The molecule has 7 heteroatoms. The standard InChI is InChI=1S/C10H12F2N2O3/c1-2-16-10(15)6-5-8-14(13-6)4-3-7(17-8)9(11)12/h5,7,9H,2-4H2,1H3. The van der Waals surface area contributed by atoms with E-state index in [9.17, 15) is 13.6 Å². The summed E-state index contributed by atoms with van der Waals surface area (Å²) in [4.78, 5) is 11.4. The first-order valence-corrected chi connectivity index (χ1v) is 5.31. The van der Waals surface area contributed by atoms with Crippen molar-refractivity contribution in [1.82, 2.24) is 9.78 Å². The Labute approximate surface area is 96.3 Å². The van der Waals surface area contributed by atoms with Crippen molar-refractivity contribution >= 4 is 5.97 Å². The van der Waals surface area contributed by atoms with Gasteiger partial charge in [0, 0.05) is 19.0 Å². The fourth-order valence-electron chi connectivity index (χ4n) is 1.60. The monoisotopic (exact) mass is 246 g/mol. The van der Waals surface area contributed by atoms with E-state index in [0.29, 0.717) is 6.54 Å². The molecule has 0 spiro atoms. The van der Waals surface area contributed by atoms with Crippen LogP contribution in [0, 0.1) is 0 Å². The van der Waals surface area contributed by atoms with Crippen LogP contribution in [0.2, 0.25) is 0 Å². The molecule has 0 amide bonds. The van der Waals surface area contributed by atoms with E-state index >= 15 is 0 Å². The zero-order valence-electron chi connectivity index (χ0n) is 9.23. The van der Waals surface area contributed by atoms with Gasteiger partial charge in [-0.05, 0) is 6.92 Å². The van der Waals surface area contributed by atoms with Gasteiger partial charge >= 0.3 is 5.97 Å². The van der Waals surface area contributed by atoms with E-state index in [0.717, 1.165) is 0 Å². The van der Waals surface area contributed by atoms with E-state index in [-0.39, 0.29) is 24.6 Å². The number of hydrogen-bond donors (Lipinski definition) is 0. The fraction of sp³-hybridized carbons (Fsp3) is 0.600. The molecule has 1 atom stereocenters. The second-order valence-electron chi connectivity index (χ2n) is 3.59. The lowest BCUT2D eigenvalue weighted by molar-refractivity contribution is -0.0135. The molecular weight excluding hydrogens is 234 g/mol. The highest BCUT2D eigenvalue weighted by atomic mass is 19.3. The van der Waals surface area contributed by atoms with E-state index in [1.807, 2.05) is 0 Å². The SMILES string of the molecule is CCOC(=O)c1cc2n(n1)CCC(C(F)F)O2. The summed E-state index contributed by atoms with van der Waals surface area (Å²) in [7, 11) is 0. The number of fused-ring (bicyclic) bond motifs is 1. The minimum absolute atomic E-state index is 0.0803. The molecule has 0 bridgehead atoms. The number of rotatable bonds is 3. The fourth-order valence-corrected chi connectivity index (χ4v) is 1.60. The average molecular weight is 246 g/mol. The molecule has 0 aromatic carbocycles. The molecule has 0 saturated carbocycles. The Bertz CT molecular complexity index is 420. The smallest absolute Gasteiger partial charge is 0.358 e. The lowest BCUT2D eigenvalue weighted by Gasteiger charge is -2.23. The number of aryl methyl sites for hydroxylation is 1. The maximum Gasteiger partial charge on any atom is 0.358 e. The Hall–Kier alpha value is -1.66. The predicted octanol–water partition coefficient (Wildman–Crippen LogP) is 1.48. The molecule has 0 radical (unpaired) electrons. The highest BCUT2D eigenvalue weighted by molar-refractivity contribution is 5.87. The molecule has 1 aliphatic heterocycles. The highest BCUT2D eigenvalue weighted by Gasteiger charge is 2.29. The Morgan fingerprint density at radius 1 is 1.76 bits per heavy atom. The highest BCUT2D eigenvalue weighted by Crippen LogP contribution is 2.25. The second-order valence-corrected chi connectivity index (χ2v) is 3.59. The molecule has 2 rings (SSSR count). The topological polar surface area (TPSA) is 53.4 Å². The minimum Gasteiger partial charge on any atom is -0.468 e. The van der Waals surface area contributed by atoms with Crippen molar-refractivity contribution in [1.29, 1.82) is 0 Å². The van der Waals surface area contributed by atoms with Gasteiger partial charge in [-0.2, -0.15) is 5.10 Å². The van der Waals surface area contributed by atoms with Crippen LogP contribution in [-0.4, -0.2) is 34.9 Å². The van der Waals surface area contributed by atoms with E-state index in [1.165, 1.54) is 10.7 Å². The first kappa shape index (κ1) is 11.8. The van der Waals surface area contributed by atoms with Gasteiger partial charge in [0.05, 0.1) is 6.61 Å². The number of carbonyl (C=O) groups excluding carboxylic acids is 1. The van der Waals surface area contributed by atoms with Crippen molar-refractivity contribution in [2.24, 2.45) is 0 Å². The molecule has 0 N–H and O–H groups in total. The summed E-state index contributed by atoms with van der Waals surface area (Å²) in [6, 6.07) is 1.33. The summed E-state index contributed by atoms with van der Waals surface area (Å²) in [5.41, 5.74) is 0.0803. The number of hydrogen-bond acceptors (Lipinski definition) is 4. The Morgan fingerprint density at radius 2 is 2.53 bits per heavy atom. The summed E-state index contributed by atoms with van der Waals surface area (Å²) >= 11 is 0. The van der Waals surface area contributed by atoms with Crippen LogP contribution >= 0.6 is 0 Å². The van der Waals surface area contributed by atoms with E-state index < -0.39 is 18.5 Å².